The van der Waals surface area contributed by atoms with E-state index < -0.39 is 0 Å². The molecule has 0 bridgehead atoms. The van der Waals surface area contributed by atoms with Crippen molar-refractivity contribution in [1.82, 2.24) is 4.57 Å². The first-order valence-electron chi connectivity index (χ1n) is 7.57. The van der Waals surface area contributed by atoms with Crippen LogP contribution >= 0.6 is 0 Å². The summed E-state index contributed by atoms with van der Waals surface area (Å²) in [7, 11) is 1.70. The predicted octanol–water partition coefficient (Wildman–Crippen LogP) is 4.98. The highest BCUT2D eigenvalue weighted by atomic mass is 16.5. The van der Waals surface area contributed by atoms with Crippen LogP contribution in [0, 0.1) is 0 Å². The van der Waals surface area contributed by atoms with Gasteiger partial charge in [0.2, 0.25) is 0 Å². The summed E-state index contributed by atoms with van der Waals surface area (Å²) in [5.74, 6) is 0.894. The van der Waals surface area contributed by atoms with Crippen LogP contribution in [-0.4, -0.2) is 11.7 Å². The number of benzene rings is 2. The summed E-state index contributed by atoms with van der Waals surface area (Å²) in [4.78, 5) is 0. The van der Waals surface area contributed by atoms with E-state index in [1.54, 1.807) is 7.11 Å². The van der Waals surface area contributed by atoms with Crippen molar-refractivity contribution >= 4 is 10.9 Å². The number of hydrogen-bond acceptors (Lipinski definition) is 1. The first-order valence-corrected chi connectivity index (χ1v) is 7.57. The summed E-state index contributed by atoms with van der Waals surface area (Å²) in [6, 6.07) is 19.2. The monoisotopic (exact) mass is 279 g/mol. The molecule has 2 aromatic carbocycles. The molecule has 0 saturated heterocycles. The van der Waals surface area contributed by atoms with Gasteiger partial charge in [0.1, 0.15) is 5.75 Å². The first kappa shape index (κ1) is 13.7. The van der Waals surface area contributed by atoms with Crippen molar-refractivity contribution in [2.45, 2.75) is 26.2 Å². The normalized spacial score (nSPS) is 11.0. The van der Waals surface area contributed by atoms with E-state index in [0.717, 1.165) is 12.2 Å². The minimum Gasteiger partial charge on any atom is -0.497 e. The van der Waals surface area contributed by atoms with Gasteiger partial charge in [-0.25, -0.2) is 0 Å². The molecule has 2 nitrogen and oxygen atoms in total. The van der Waals surface area contributed by atoms with Crippen molar-refractivity contribution in [3.8, 4) is 11.4 Å². The molecule has 0 radical (unpaired) electrons. The molecule has 0 aliphatic heterocycles. The molecule has 2 heteroatoms. The lowest BCUT2D eigenvalue weighted by Crippen LogP contribution is -2.00. The number of rotatable bonds is 5. The Morgan fingerprint density at radius 1 is 1.00 bits per heavy atom. The average Bonchev–Trinajstić information content (AvgIpc) is 2.91. The van der Waals surface area contributed by atoms with Crippen LogP contribution in [0.2, 0.25) is 0 Å². The van der Waals surface area contributed by atoms with Crippen molar-refractivity contribution in [3.05, 3.63) is 60.3 Å². The highest BCUT2D eigenvalue weighted by Crippen LogP contribution is 2.26. The van der Waals surface area contributed by atoms with Crippen LogP contribution in [0.1, 0.15) is 25.5 Å². The summed E-state index contributed by atoms with van der Waals surface area (Å²) in [6.45, 7) is 2.24. The third kappa shape index (κ3) is 2.66. The Bertz CT molecular complexity index is 725. The summed E-state index contributed by atoms with van der Waals surface area (Å²) >= 11 is 0. The zero-order chi connectivity index (χ0) is 14.7. The Kier molecular flexibility index (Phi) is 3.96. The van der Waals surface area contributed by atoms with E-state index in [1.165, 1.54) is 35.1 Å². The number of ether oxygens (including phenoxy) is 1. The molecular weight excluding hydrogens is 258 g/mol. The van der Waals surface area contributed by atoms with Crippen molar-refractivity contribution in [3.63, 3.8) is 0 Å². The highest BCUT2D eigenvalue weighted by molar-refractivity contribution is 5.83. The maximum Gasteiger partial charge on any atom is 0.119 e. The maximum absolute atomic E-state index is 5.26. The number of hydrogen-bond donors (Lipinski definition) is 0. The van der Waals surface area contributed by atoms with Gasteiger partial charge in [0.05, 0.1) is 12.6 Å². The van der Waals surface area contributed by atoms with Gasteiger partial charge in [-0.1, -0.05) is 31.5 Å². The lowest BCUT2D eigenvalue weighted by atomic mass is 10.2. The Morgan fingerprint density at radius 2 is 1.76 bits per heavy atom. The third-order valence-corrected chi connectivity index (χ3v) is 3.90. The zero-order valence-corrected chi connectivity index (χ0v) is 12.7. The fourth-order valence-corrected chi connectivity index (χ4v) is 2.79. The lowest BCUT2D eigenvalue weighted by molar-refractivity contribution is 0.414. The second-order valence-electron chi connectivity index (χ2n) is 5.33. The van der Waals surface area contributed by atoms with Crippen LogP contribution in [0.25, 0.3) is 16.6 Å². The van der Waals surface area contributed by atoms with E-state index in [4.69, 9.17) is 4.74 Å². The van der Waals surface area contributed by atoms with Gasteiger partial charge in [0, 0.05) is 16.8 Å². The van der Waals surface area contributed by atoms with E-state index in [-0.39, 0.29) is 0 Å². The van der Waals surface area contributed by atoms with Gasteiger partial charge in [0.15, 0.2) is 0 Å². The molecule has 0 atom stereocenters. The quantitative estimate of drug-likeness (QED) is 0.642. The Morgan fingerprint density at radius 3 is 2.48 bits per heavy atom. The molecule has 0 spiro atoms. The number of aryl methyl sites for hydroxylation is 1. The summed E-state index contributed by atoms with van der Waals surface area (Å²) in [6.07, 6.45) is 3.54. The van der Waals surface area contributed by atoms with E-state index in [9.17, 15) is 0 Å². The number of nitrogens with zero attached hydrogens (tertiary/aromatic N) is 1. The summed E-state index contributed by atoms with van der Waals surface area (Å²) in [5.41, 5.74) is 3.85. The first-order chi connectivity index (χ1) is 10.3. The van der Waals surface area contributed by atoms with Gasteiger partial charge in [0.25, 0.3) is 0 Å². The number of methoxy groups -OCH3 is 1. The van der Waals surface area contributed by atoms with Crippen LogP contribution in [0.15, 0.2) is 54.6 Å². The minimum absolute atomic E-state index is 0.894. The molecule has 0 amide bonds. The number of fused-ring (bicyclic) bond motifs is 1. The van der Waals surface area contributed by atoms with Crippen molar-refractivity contribution in [1.29, 1.82) is 0 Å². The van der Waals surface area contributed by atoms with Crippen molar-refractivity contribution in [2.24, 2.45) is 0 Å². The van der Waals surface area contributed by atoms with Gasteiger partial charge in [-0.15, -0.1) is 0 Å². The van der Waals surface area contributed by atoms with E-state index in [0.29, 0.717) is 0 Å². The van der Waals surface area contributed by atoms with Gasteiger partial charge < -0.3 is 9.30 Å². The number of aromatic nitrogens is 1. The molecular formula is C19H21NO. The van der Waals surface area contributed by atoms with E-state index in [1.807, 2.05) is 12.1 Å². The molecule has 0 N–H and O–H groups in total. The van der Waals surface area contributed by atoms with Crippen molar-refractivity contribution < 1.29 is 4.74 Å². The molecule has 0 aliphatic carbocycles. The standard InChI is InChI=1S/C19H21NO/c1-3-4-8-17-14-15-7-5-6-9-19(15)20(17)16-10-12-18(21-2)13-11-16/h5-7,9-14H,3-4,8H2,1-2H3. The zero-order valence-electron chi connectivity index (χ0n) is 12.7. The third-order valence-electron chi connectivity index (χ3n) is 3.90. The van der Waals surface area contributed by atoms with Crippen LogP contribution in [0.5, 0.6) is 5.75 Å². The van der Waals surface area contributed by atoms with Crippen LogP contribution in [0.3, 0.4) is 0 Å². The molecule has 1 heterocycles. The highest BCUT2D eigenvalue weighted by Gasteiger charge is 2.10. The molecule has 3 rings (SSSR count). The van der Waals surface area contributed by atoms with E-state index >= 15 is 0 Å². The van der Waals surface area contributed by atoms with Gasteiger partial charge >= 0.3 is 0 Å². The topological polar surface area (TPSA) is 14.2 Å². The molecule has 1 aromatic heterocycles. The maximum atomic E-state index is 5.26. The molecule has 0 saturated carbocycles. The van der Waals surface area contributed by atoms with Gasteiger partial charge in [-0.05, 0) is 49.2 Å². The molecule has 3 aromatic rings. The summed E-state index contributed by atoms with van der Waals surface area (Å²) in [5, 5.41) is 1.31. The Balaban J connectivity index is 2.12. The molecule has 21 heavy (non-hydrogen) atoms. The summed E-state index contributed by atoms with van der Waals surface area (Å²) < 4.78 is 7.63. The van der Waals surface area contributed by atoms with Crippen molar-refractivity contribution in [2.75, 3.05) is 7.11 Å². The van der Waals surface area contributed by atoms with Crippen LogP contribution in [0.4, 0.5) is 0 Å². The Hall–Kier alpha value is -2.22. The molecule has 108 valence electrons. The number of unbranched alkanes of at least 4 members (excludes halogenated alkanes) is 1. The van der Waals surface area contributed by atoms with E-state index in [2.05, 4.69) is 54.0 Å². The fraction of sp³-hybridized carbons (Fsp3) is 0.263. The van der Waals surface area contributed by atoms with Gasteiger partial charge in [-0.3, -0.25) is 0 Å². The fourth-order valence-electron chi connectivity index (χ4n) is 2.79. The largest absolute Gasteiger partial charge is 0.497 e. The molecule has 0 unspecified atom stereocenters. The van der Waals surface area contributed by atoms with Crippen LogP contribution < -0.4 is 4.74 Å². The Labute approximate surface area is 126 Å². The predicted molar refractivity (Wildman–Crippen MR) is 88.4 cm³/mol. The molecule has 0 fully saturated rings. The van der Waals surface area contributed by atoms with Gasteiger partial charge in [-0.2, -0.15) is 0 Å². The number of para-hydroxylation sites is 1. The second-order valence-corrected chi connectivity index (χ2v) is 5.33. The second kappa shape index (κ2) is 6.04. The van der Waals surface area contributed by atoms with Crippen LogP contribution in [-0.2, 0) is 6.42 Å². The SMILES string of the molecule is CCCCc1cc2ccccc2n1-c1ccc(OC)cc1. The average molecular weight is 279 g/mol. The minimum atomic E-state index is 0.894. The molecule has 0 aliphatic rings. The smallest absolute Gasteiger partial charge is 0.119 e. The lowest BCUT2D eigenvalue weighted by Gasteiger charge is -2.11.